The third-order valence-corrected chi connectivity index (χ3v) is 6.83. The average Bonchev–Trinajstić information content (AvgIpc) is 2.69. The first-order chi connectivity index (χ1) is 13.3. The highest BCUT2D eigenvalue weighted by Gasteiger charge is 2.31. The Hall–Kier alpha value is -2.01. The lowest BCUT2D eigenvalue weighted by Crippen LogP contribution is -2.54. The van der Waals surface area contributed by atoms with Crippen molar-refractivity contribution in [3.63, 3.8) is 0 Å². The van der Waals surface area contributed by atoms with Gasteiger partial charge >= 0.3 is 5.97 Å². The summed E-state index contributed by atoms with van der Waals surface area (Å²) in [6.07, 6.45) is 0. The second-order valence-electron chi connectivity index (χ2n) is 6.38. The van der Waals surface area contributed by atoms with Crippen LogP contribution in [0.15, 0.2) is 24.3 Å². The molecule has 156 valence electrons. The largest absolute Gasteiger partial charge is 0.465 e. The van der Waals surface area contributed by atoms with Crippen molar-refractivity contribution >= 4 is 27.8 Å². The quantitative estimate of drug-likeness (QED) is 0.629. The molecule has 0 atom stereocenters. The Morgan fingerprint density at radius 1 is 1.07 bits per heavy atom. The van der Waals surface area contributed by atoms with Crippen molar-refractivity contribution in [1.82, 2.24) is 13.5 Å². The number of benzene rings is 1. The predicted molar refractivity (Wildman–Crippen MR) is 106 cm³/mol. The fourth-order valence-electron chi connectivity index (χ4n) is 3.04. The van der Waals surface area contributed by atoms with Gasteiger partial charge < -0.3 is 10.1 Å². The van der Waals surface area contributed by atoms with Crippen LogP contribution in [0.5, 0.6) is 0 Å². The molecule has 1 saturated heterocycles. The van der Waals surface area contributed by atoms with Gasteiger partial charge in [0.25, 0.3) is 10.2 Å². The molecule has 2 rings (SSSR count). The van der Waals surface area contributed by atoms with Crippen molar-refractivity contribution in [3.05, 3.63) is 29.8 Å². The molecule has 0 aliphatic carbocycles. The molecular formula is C18H28N4O5S. The predicted octanol–water partition coefficient (Wildman–Crippen LogP) is 0.616. The first-order valence-electron chi connectivity index (χ1n) is 9.27. The maximum absolute atomic E-state index is 12.5. The number of piperazine rings is 1. The molecule has 1 aliphatic heterocycles. The average molecular weight is 413 g/mol. The van der Waals surface area contributed by atoms with E-state index in [1.54, 1.807) is 24.3 Å². The molecule has 0 bridgehead atoms. The van der Waals surface area contributed by atoms with E-state index in [-0.39, 0.29) is 12.5 Å². The number of methoxy groups -OCH3 is 1. The van der Waals surface area contributed by atoms with Crippen molar-refractivity contribution in [1.29, 1.82) is 0 Å². The van der Waals surface area contributed by atoms with Gasteiger partial charge in [0.05, 0.1) is 19.2 Å². The first-order valence-corrected chi connectivity index (χ1v) is 10.7. The molecule has 1 fully saturated rings. The fourth-order valence-corrected chi connectivity index (χ4v) is 4.65. The molecule has 0 radical (unpaired) electrons. The van der Waals surface area contributed by atoms with Crippen LogP contribution in [0.4, 0.5) is 5.69 Å². The van der Waals surface area contributed by atoms with E-state index in [1.165, 1.54) is 15.7 Å². The van der Waals surface area contributed by atoms with Crippen molar-refractivity contribution in [2.24, 2.45) is 0 Å². The normalized spacial score (nSPS) is 16.1. The molecule has 1 heterocycles. The zero-order valence-corrected chi connectivity index (χ0v) is 17.4. The van der Waals surface area contributed by atoms with Crippen molar-refractivity contribution in [2.75, 3.05) is 58.2 Å². The van der Waals surface area contributed by atoms with Gasteiger partial charge in [-0.2, -0.15) is 17.0 Å². The van der Waals surface area contributed by atoms with Crippen LogP contribution < -0.4 is 5.32 Å². The molecule has 0 unspecified atom stereocenters. The number of nitrogens with zero attached hydrogens (tertiary/aromatic N) is 3. The van der Waals surface area contributed by atoms with Crippen molar-refractivity contribution in [2.45, 2.75) is 13.8 Å². The number of esters is 1. The summed E-state index contributed by atoms with van der Waals surface area (Å²) in [5.41, 5.74) is 0.992. The standard InChI is InChI=1S/C18H28N4O5S/c1-4-21(5-2)28(25,26)22-12-10-20(11-13-22)14-17(23)19-16-8-6-15(7-9-16)18(24)27-3/h6-9H,4-5,10-14H2,1-3H3,(H,19,23). The van der Waals surface area contributed by atoms with Gasteiger partial charge in [-0.15, -0.1) is 0 Å². The first kappa shape index (κ1) is 22.3. The Balaban J connectivity index is 1.84. The minimum Gasteiger partial charge on any atom is -0.465 e. The summed E-state index contributed by atoms with van der Waals surface area (Å²) in [5.74, 6) is -0.624. The molecule has 0 saturated carbocycles. The van der Waals surface area contributed by atoms with E-state index in [9.17, 15) is 18.0 Å². The highest BCUT2D eigenvalue weighted by Crippen LogP contribution is 2.13. The zero-order chi connectivity index (χ0) is 20.7. The van der Waals surface area contributed by atoms with Crippen LogP contribution in [-0.2, 0) is 19.7 Å². The number of amides is 1. The van der Waals surface area contributed by atoms with E-state index in [0.717, 1.165) is 0 Å². The second kappa shape index (κ2) is 9.97. The van der Waals surface area contributed by atoms with Crippen LogP contribution in [-0.4, -0.2) is 86.7 Å². The van der Waals surface area contributed by atoms with Crippen LogP contribution in [0.3, 0.4) is 0 Å². The second-order valence-corrected chi connectivity index (χ2v) is 8.31. The minimum atomic E-state index is -3.44. The summed E-state index contributed by atoms with van der Waals surface area (Å²) in [4.78, 5) is 25.6. The summed E-state index contributed by atoms with van der Waals surface area (Å²) >= 11 is 0. The Morgan fingerprint density at radius 3 is 2.14 bits per heavy atom. The summed E-state index contributed by atoms with van der Waals surface area (Å²) in [6.45, 7) is 6.41. The van der Waals surface area contributed by atoms with Crippen LogP contribution in [0, 0.1) is 0 Å². The van der Waals surface area contributed by atoms with Crippen LogP contribution in [0.2, 0.25) is 0 Å². The third-order valence-electron chi connectivity index (χ3n) is 4.65. The summed E-state index contributed by atoms with van der Waals surface area (Å²) < 4.78 is 32.6. The number of carbonyl (C=O) groups is 2. The molecule has 1 aliphatic rings. The maximum Gasteiger partial charge on any atom is 0.337 e. The number of hydrogen-bond donors (Lipinski definition) is 1. The number of ether oxygens (including phenoxy) is 1. The van der Waals surface area contributed by atoms with E-state index in [1.807, 2.05) is 18.7 Å². The number of nitrogens with one attached hydrogen (secondary N) is 1. The monoisotopic (exact) mass is 412 g/mol. The SMILES string of the molecule is CCN(CC)S(=O)(=O)N1CCN(CC(=O)Nc2ccc(C(=O)OC)cc2)CC1. The van der Waals surface area contributed by atoms with Gasteiger partial charge in [-0.1, -0.05) is 13.8 Å². The van der Waals surface area contributed by atoms with E-state index in [2.05, 4.69) is 10.1 Å². The summed E-state index contributed by atoms with van der Waals surface area (Å²) in [7, 11) is -2.13. The molecule has 10 heteroatoms. The third kappa shape index (κ3) is 5.51. The van der Waals surface area contributed by atoms with Gasteiger partial charge in [0.1, 0.15) is 0 Å². The molecule has 1 amide bonds. The molecule has 9 nitrogen and oxygen atoms in total. The Labute approximate surface area is 166 Å². The molecule has 0 aromatic heterocycles. The summed E-state index contributed by atoms with van der Waals surface area (Å²) in [5, 5.41) is 2.78. The van der Waals surface area contributed by atoms with Gasteiger partial charge in [-0.3, -0.25) is 9.69 Å². The maximum atomic E-state index is 12.5. The van der Waals surface area contributed by atoms with Crippen LogP contribution in [0.1, 0.15) is 24.2 Å². The summed E-state index contributed by atoms with van der Waals surface area (Å²) in [6, 6.07) is 6.44. The molecule has 1 N–H and O–H groups in total. The molecule has 28 heavy (non-hydrogen) atoms. The van der Waals surface area contributed by atoms with Crippen molar-refractivity contribution < 1.29 is 22.7 Å². The van der Waals surface area contributed by atoms with Crippen molar-refractivity contribution in [3.8, 4) is 0 Å². The zero-order valence-electron chi connectivity index (χ0n) is 16.6. The van der Waals surface area contributed by atoms with Gasteiger partial charge in [0, 0.05) is 45.0 Å². The van der Waals surface area contributed by atoms with Gasteiger partial charge in [0.2, 0.25) is 5.91 Å². The van der Waals surface area contributed by atoms with Gasteiger partial charge in [-0.25, -0.2) is 4.79 Å². The number of hydrogen-bond acceptors (Lipinski definition) is 6. The lowest BCUT2D eigenvalue weighted by molar-refractivity contribution is -0.117. The Morgan fingerprint density at radius 2 is 1.64 bits per heavy atom. The minimum absolute atomic E-state index is 0.178. The Bertz CT molecular complexity index is 770. The van der Waals surface area contributed by atoms with Gasteiger partial charge in [0.15, 0.2) is 0 Å². The molecule has 1 aromatic carbocycles. The number of anilines is 1. The fraction of sp³-hybridized carbons (Fsp3) is 0.556. The molecule has 1 aromatic rings. The van der Waals surface area contributed by atoms with Crippen LogP contribution in [0.25, 0.3) is 0 Å². The highest BCUT2D eigenvalue weighted by molar-refractivity contribution is 7.86. The smallest absolute Gasteiger partial charge is 0.337 e. The van der Waals surface area contributed by atoms with E-state index in [4.69, 9.17) is 0 Å². The number of rotatable bonds is 8. The topological polar surface area (TPSA) is 99.3 Å². The highest BCUT2D eigenvalue weighted by atomic mass is 32.2. The van der Waals surface area contributed by atoms with Gasteiger partial charge in [-0.05, 0) is 24.3 Å². The van der Waals surface area contributed by atoms with Crippen LogP contribution >= 0.6 is 0 Å². The lowest BCUT2D eigenvalue weighted by atomic mass is 10.2. The Kier molecular flexibility index (Phi) is 7.93. The van der Waals surface area contributed by atoms with E-state index >= 15 is 0 Å². The number of carbonyl (C=O) groups excluding carboxylic acids is 2. The van der Waals surface area contributed by atoms with E-state index in [0.29, 0.717) is 50.5 Å². The molecule has 0 spiro atoms. The lowest BCUT2D eigenvalue weighted by Gasteiger charge is -2.35. The van der Waals surface area contributed by atoms with E-state index < -0.39 is 16.2 Å². The molecular weight excluding hydrogens is 384 g/mol.